The fourth-order valence-electron chi connectivity index (χ4n) is 1.22. The predicted molar refractivity (Wildman–Crippen MR) is 63.4 cm³/mol. The number of carbonyl (C=O) groups excluding carboxylic acids is 1. The van der Waals surface area contributed by atoms with Crippen LogP contribution in [0.4, 0.5) is 27.6 Å². The molecule has 0 spiro atoms. The summed E-state index contributed by atoms with van der Waals surface area (Å²) in [6.45, 7) is 0.574. The zero-order valence-corrected chi connectivity index (χ0v) is 10.8. The highest BCUT2D eigenvalue weighted by Gasteiger charge is 2.63. The molecule has 118 valence electrons. The largest absolute Gasteiger partial charge is 0.491 e. The highest BCUT2D eigenvalue weighted by Crippen LogP contribution is 2.36. The lowest BCUT2D eigenvalue weighted by molar-refractivity contribution is -0.267. The molecule has 1 rings (SSSR count). The van der Waals surface area contributed by atoms with E-state index in [9.17, 15) is 26.7 Å². The molecule has 1 aromatic rings. The SMILES string of the molecule is COCCOc1ccc(NC(=O)C(F)(F)C(F)(F)F)cc1. The molecule has 4 nitrogen and oxygen atoms in total. The van der Waals surface area contributed by atoms with Crippen molar-refractivity contribution in [1.82, 2.24) is 0 Å². The molecule has 1 aromatic carbocycles. The topological polar surface area (TPSA) is 47.6 Å². The summed E-state index contributed by atoms with van der Waals surface area (Å²) < 4.78 is 71.3. The van der Waals surface area contributed by atoms with Crippen molar-refractivity contribution in [3.63, 3.8) is 0 Å². The van der Waals surface area contributed by atoms with E-state index in [0.29, 0.717) is 12.4 Å². The van der Waals surface area contributed by atoms with Gasteiger partial charge >= 0.3 is 18.0 Å². The molecule has 9 heteroatoms. The molecule has 0 aliphatic carbocycles. The lowest BCUT2D eigenvalue weighted by Crippen LogP contribution is -2.47. The molecule has 1 N–H and O–H groups in total. The summed E-state index contributed by atoms with van der Waals surface area (Å²) >= 11 is 0. The lowest BCUT2D eigenvalue weighted by Gasteiger charge is -2.18. The number of amides is 1. The number of carbonyl (C=O) groups is 1. The van der Waals surface area contributed by atoms with Crippen molar-refractivity contribution in [2.24, 2.45) is 0 Å². The average Bonchev–Trinajstić information content (AvgIpc) is 2.39. The van der Waals surface area contributed by atoms with Crippen LogP contribution < -0.4 is 10.1 Å². The maximum Gasteiger partial charge on any atom is 0.463 e. The smallest absolute Gasteiger partial charge is 0.463 e. The van der Waals surface area contributed by atoms with Gasteiger partial charge in [0.2, 0.25) is 0 Å². The van der Waals surface area contributed by atoms with E-state index in [-0.39, 0.29) is 12.3 Å². The zero-order chi connectivity index (χ0) is 16.1. The molecule has 0 aliphatic rings. The Bertz CT molecular complexity index is 473. The quantitative estimate of drug-likeness (QED) is 0.649. The van der Waals surface area contributed by atoms with Crippen LogP contribution in [0.15, 0.2) is 24.3 Å². The highest BCUT2D eigenvalue weighted by atomic mass is 19.4. The first kappa shape index (κ1) is 17.2. The summed E-state index contributed by atoms with van der Waals surface area (Å²) in [6.07, 6.45) is -5.94. The Balaban J connectivity index is 2.65. The van der Waals surface area contributed by atoms with Crippen LogP contribution in [-0.2, 0) is 9.53 Å². The van der Waals surface area contributed by atoms with E-state index in [4.69, 9.17) is 9.47 Å². The molecule has 0 atom stereocenters. The molecule has 0 saturated carbocycles. The molecule has 0 heterocycles. The Labute approximate surface area is 116 Å². The van der Waals surface area contributed by atoms with Crippen LogP contribution in [0.1, 0.15) is 0 Å². The Morgan fingerprint density at radius 1 is 1.10 bits per heavy atom. The van der Waals surface area contributed by atoms with Gasteiger partial charge in [0.1, 0.15) is 12.4 Å². The molecule has 0 saturated heterocycles. The van der Waals surface area contributed by atoms with Crippen molar-refractivity contribution in [1.29, 1.82) is 0 Å². The zero-order valence-electron chi connectivity index (χ0n) is 10.8. The highest BCUT2D eigenvalue weighted by molar-refractivity contribution is 5.96. The van der Waals surface area contributed by atoms with Gasteiger partial charge < -0.3 is 14.8 Å². The molecular formula is C12H12F5NO3. The van der Waals surface area contributed by atoms with Crippen LogP contribution in [0.25, 0.3) is 0 Å². The van der Waals surface area contributed by atoms with Crippen molar-refractivity contribution in [2.45, 2.75) is 12.1 Å². The van der Waals surface area contributed by atoms with E-state index < -0.39 is 18.0 Å². The maximum atomic E-state index is 12.7. The van der Waals surface area contributed by atoms with Gasteiger partial charge in [-0.2, -0.15) is 22.0 Å². The van der Waals surface area contributed by atoms with Crippen LogP contribution >= 0.6 is 0 Å². The number of nitrogens with one attached hydrogen (secondary N) is 1. The Hall–Kier alpha value is -1.90. The molecular weight excluding hydrogens is 301 g/mol. The van der Waals surface area contributed by atoms with Gasteiger partial charge in [0.25, 0.3) is 0 Å². The summed E-state index contributed by atoms with van der Waals surface area (Å²) in [5.41, 5.74) is -0.206. The molecule has 21 heavy (non-hydrogen) atoms. The number of hydrogen-bond acceptors (Lipinski definition) is 3. The number of anilines is 1. The fraction of sp³-hybridized carbons (Fsp3) is 0.417. The van der Waals surface area contributed by atoms with Gasteiger partial charge in [0, 0.05) is 12.8 Å². The Morgan fingerprint density at radius 3 is 2.14 bits per heavy atom. The maximum absolute atomic E-state index is 12.7. The first-order valence-corrected chi connectivity index (χ1v) is 5.66. The number of hydrogen-bond donors (Lipinski definition) is 1. The molecule has 0 radical (unpaired) electrons. The molecule has 1 amide bonds. The average molecular weight is 313 g/mol. The predicted octanol–water partition coefficient (Wildman–Crippen LogP) is 2.85. The van der Waals surface area contributed by atoms with E-state index in [0.717, 1.165) is 12.1 Å². The van der Waals surface area contributed by atoms with Gasteiger partial charge in [-0.25, -0.2) is 0 Å². The van der Waals surface area contributed by atoms with E-state index in [1.165, 1.54) is 24.6 Å². The van der Waals surface area contributed by atoms with Gasteiger partial charge in [-0.05, 0) is 24.3 Å². The van der Waals surface area contributed by atoms with Gasteiger partial charge in [0.05, 0.1) is 6.61 Å². The number of alkyl halides is 5. The van der Waals surface area contributed by atoms with Crippen molar-refractivity contribution in [3.8, 4) is 5.75 Å². The minimum atomic E-state index is -5.94. The third-order valence-electron chi connectivity index (χ3n) is 2.31. The van der Waals surface area contributed by atoms with Gasteiger partial charge in [0.15, 0.2) is 0 Å². The van der Waals surface area contributed by atoms with Crippen molar-refractivity contribution < 1.29 is 36.2 Å². The summed E-state index contributed by atoms with van der Waals surface area (Å²) in [7, 11) is 1.48. The molecule has 0 aliphatic heterocycles. The first-order chi connectivity index (χ1) is 9.68. The molecule has 0 bridgehead atoms. The third-order valence-corrected chi connectivity index (χ3v) is 2.31. The van der Waals surface area contributed by atoms with Crippen molar-refractivity contribution >= 4 is 11.6 Å². The second-order valence-corrected chi connectivity index (χ2v) is 3.89. The van der Waals surface area contributed by atoms with Crippen LogP contribution in [0.2, 0.25) is 0 Å². The number of ether oxygens (including phenoxy) is 2. The standard InChI is InChI=1S/C12H12F5NO3/c1-20-6-7-21-9-4-2-8(3-5-9)18-10(19)11(13,14)12(15,16)17/h2-5H,6-7H2,1H3,(H,18,19). The fourth-order valence-corrected chi connectivity index (χ4v) is 1.22. The summed E-state index contributed by atoms with van der Waals surface area (Å²) in [5.74, 6) is -7.55. The van der Waals surface area contributed by atoms with Crippen LogP contribution in [0, 0.1) is 0 Å². The van der Waals surface area contributed by atoms with Gasteiger partial charge in [-0.15, -0.1) is 0 Å². The van der Waals surface area contributed by atoms with Crippen LogP contribution in [0.5, 0.6) is 5.75 Å². The summed E-state index contributed by atoms with van der Waals surface area (Å²) in [4.78, 5) is 10.9. The Kier molecular flexibility index (Phi) is 5.47. The lowest BCUT2D eigenvalue weighted by atomic mass is 10.2. The van der Waals surface area contributed by atoms with E-state index in [1.807, 2.05) is 0 Å². The van der Waals surface area contributed by atoms with E-state index >= 15 is 0 Å². The molecule has 0 unspecified atom stereocenters. The van der Waals surface area contributed by atoms with Crippen LogP contribution in [-0.4, -0.2) is 38.3 Å². The van der Waals surface area contributed by atoms with E-state index in [1.54, 1.807) is 0 Å². The number of halogens is 5. The first-order valence-electron chi connectivity index (χ1n) is 5.66. The van der Waals surface area contributed by atoms with Crippen molar-refractivity contribution in [3.05, 3.63) is 24.3 Å². The number of benzene rings is 1. The Morgan fingerprint density at radius 2 is 1.67 bits per heavy atom. The number of rotatable bonds is 6. The minimum absolute atomic E-state index is 0.206. The molecule has 0 fully saturated rings. The monoisotopic (exact) mass is 313 g/mol. The number of methoxy groups -OCH3 is 1. The van der Waals surface area contributed by atoms with E-state index in [2.05, 4.69) is 0 Å². The normalized spacial score (nSPS) is 12.1. The second-order valence-electron chi connectivity index (χ2n) is 3.89. The summed E-state index contributed by atoms with van der Waals surface area (Å²) in [6, 6.07) is 4.92. The van der Waals surface area contributed by atoms with Gasteiger partial charge in [-0.1, -0.05) is 0 Å². The second kappa shape index (κ2) is 6.70. The third kappa shape index (κ3) is 4.55. The summed E-state index contributed by atoms with van der Waals surface area (Å²) in [5, 5.41) is 1.49. The van der Waals surface area contributed by atoms with Crippen molar-refractivity contribution in [2.75, 3.05) is 25.6 Å². The minimum Gasteiger partial charge on any atom is -0.491 e. The molecule has 0 aromatic heterocycles. The van der Waals surface area contributed by atoms with Gasteiger partial charge in [-0.3, -0.25) is 4.79 Å². The van der Waals surface area contributed by atoms with Crippen LogP contribution in [0.3, 0.4) is 0 Å².